The van der Waals surface area contributed by atoms with Crippen molar-refractivity contribution in [1.82, 2.24) is 5.32 Å². The summed E-state index contributed by atoms with van der Waals surface area (Å²) in [5.74, 6) is -0.0388. The zero-order chi connectivity index (χ0) is 14.6. The van der Waals surface area contributed by atoms with Crippen molar-refractivity contribution in [3.8, 4) is 0 Å². The Morgan fingerprint density at radius 1 is 1.35 bits per heavy atom. The van der Waals surface area contributed by atoms with Crippen LogP contribution < -0.4 is 11.1 Å². The van der Waals surface area contributed by atoms with E-state index in [2.05, 4.69) is 5.32 Å². The van der Waals surface area contributed by atoms with E-state index < -0.39 is 0 Å². The Kier molecular flexibility index (Phi) is 7.89. The van der Waals surface area contributed by atoms with Gasteiger partial charge in [0.1, 0.15) is 0 Å². The molecule has 0 aromatic heterocycles. The van der Waals surface area contributed by atoms with Crippen LogP contribution in [0.3, 0.4) is 0 Å². The van der Waals surface area contributed by atoms with Crippen LogP contribution in [-0.2, 0) is 10.2 Å². The number of nitrogens with one attached hydrogen (secondary N) is 1. The summed E-state index contributed by atoms with van der Waals surface area (Å²) in [5.41, 5.74) is 6.40. The van der Waals surface area contributed by atoms with Gasteiger partial charge in [0.2, 0.25) is 5.91 Å². The number of halogens is 3. The second kappa shape index (κ2) is 8.08. The van der Waals surface area contributed by atoms with Crippen molar-refractivity contribution in [2.75, 3.05) is 6.54 Å². The standard InChI is InChI=1S/C14H20Cl2N2O.ClH/c1-9(17)6-13(19)18-8-14(2,3)10-4-5-11(15)12(16)7-10;/h4-5,7,9H,6,8,17H2,1-3H3,(H,18,19);1H. The Labute approximate surface area is 136 Å². The minimum Gasteiger partial charge on any atom is -0.355 e. The predicted octanol–water partition coefficient (Wildman–Crippen LogP) is 3.55. The molecule has 1 amide bonds. The third-order valence-corrected chi connectivity index (χ3v) is 3.67. The fourth-order valence-electron chi connectivity index (χ4n) is 1.70. The first-order valence-corrected chi connectivity index (χ1v) is 6.96. The maximum atomic E-state index is 11.6. The minimum atomic E-state index is -0.221. The predicted molar refractivity (Wildman–Crippen MR) is 88.0 cm³/mol. The van der Waals surface area contributed by atoms with Gasteiger partial charge in [-0.2, -0.15) is 0 Å². The molecule has 114 valence electrons. The second-order valence-corrected chi connectivity index (χ2v) is 6.29. The summed E-state index contributed by atoms with van der Waals surface area (Å²) in [6.07, 6.45) is 0.331. The van der Waals surface area contributed by atoms with Crippen LogP contribution in [0, 0.1) is 0 Å². The van der Waals surface area contributed by atoms with E-state index in [1.54, 1.807) is 6.07 Å². The Morgan fingerprint density at radius 3 is 2.45 bits per heavy atom. The van der Waals surface area contributed by atoms with Crippen molar-refractivity contribution < 1.29 is 4.79 Å². The molecule has 1 atom stereocenters. The average Bonchev–Trinajstić information content (AvgIpc) is 2.29. The van der Waals surface area contributed by atoms with Gasteiger partial charge in [0, 0.05) is 24.4 Å². The molecule has 0 aliphatic heterocycles. The van der Waals surface area contributed by atoms with E-state index in [4.69, 9.17) is 28.9 Å². The van der Waals surface area contributed by atoms with Gasteiger partial charge in [-0.3, -0.25) is 4.79 Å². The number of carbonyl (C=O) groups is 1. The normalized spacial score (nSPS) is 12.5. The van der Waals surface area contributed by atoms with E-state index in [0.717, 1.165) is 5.56 Å². The van der Waals surface area contributed by atoms with Gasteiger partial charge < -0.3 is 11.1 Å². The average molecular weight is 340 g/mol. The molecule has 0 spiro atoms. The van der Waals surface area contributed by atoms with Gasteiger partial charge >= 0.3 is 0 Å². The molecule has 6 heteroatoms. The summed E-state index contributed by atoms with van der Waals surface area (Å²) in [7, 11) is 0. The molecule has 1 aromatic carbocycles. The molecule has 3 N–H and O–H groups in total. The number of nitrogens with two attached hydrogens (primary N) is 1. The van der Waals surface area contributed by atoms with Crippen molar-refractivity contribution in [3.63, 3.8) is 0 Å². The van der Waals surface area contributed by atoms with Crippen LogP contribution in [0.5, 0.6) is 0 Å². The number of rotatable bonds is 5. The summed E-state index contributed by atoms with van der Waals surface area (Å²) in [5, 5.41) is 3.94. The molecule has 0 aliphatic carbocycles. The first-order valence-electron chi connectivity index (χ1n) is 6.20. The van der Waals surface area contributed by atoms with Crippen LogP contribution in [0.4, 0.5) is 0 Å². The van der Waals surface area contributed by atoms with Crippen LogP contribution in [0.25, 0.3) is 0 Å². The summed E-state index contributed by atoms with van der Waals surface area (Å²) in [6, 6.07) is 5.39. The van der Waals surface area contributed by atoms with E-state index in [0.29, 0.717) is 23.0 Å². The maximum absolute atomic E-state index is 11.6. The number of hydrogen-bond donors (Lipinski definition) is 2. The van der Waals surface area contributed by atoms with Gasteiger partial charge in [-0.15, -0.1) is 12.4 Å². The molecule has 1 rings (SSSR count). The number of amides is 1. The molecule has 0 saturated heterocycles. The van der Waals surface area contributed by atoms with Crippen molar-refractivity contribution in [2.45, 2.75) is 38.6 Å². The summed E-state index contributed by atoms with van der Waals surface area (Å²) in [4.78, 5) is 11.6. The lowest BCUT2D eigenvalue weighted by Crippen LogP contribution is -2.38. The zero-order valence-corrected chi connectivity index (χ0v) is 14.2. The lowest BCUT2D eigenvalue weighted by molar-refractivity contribution is -0.121. The lowest BCUT2D eigenvalue weighted by atomic mass is 9.84. The number of hydrogen-bond acceptors (Lipinski definition) is 2. The van der Waals surface area contributed by atoms with Gasteiger partial charge in [0.25, 0.3) is 0 Å². The highest BCUT2D eigenvalue weighted by molar-refractivity contribution is 6.42. The van der Waals surface area contributed by atoms with Crippen LogP contribution in [0.2, 0.25) is 10.0 Å². The van der Waals surface area contributed by atoms with E-state index >= 15 is 0 Å². The molecule has 1 unspecified atom stereocenters. The van der Waals surface area contributed by atoms with Crippen molar-refractivity contribution in [1.29, 1.82) is 0 Å². The molecule has 0 heterocycles. The Morgan fingerprint density at radius 2 is 1.95 bits per heavy atom. The Bertz CT molecular complexity index is 462. The minimum absolute atomic E-state index is 0. The third kappa shape index (κ3) is 5.88. The van der Waals surface area contributed by atoms with Crippen LogP contribution >= 0.6 is 35.6 Å². The SMILES string of the molecule is CC(N)CC(=O)NCC(C)(C)c1ccc(Cl)c(Cl)c1.Cl. The van der Waals surface area contributed by atoms with Gasteiger partial charge in [-0.25, -0.2) is 0 Å². The quantitative estimate of drug-likeness (QED) is 0.862. The Hall–Kier alpha value is -0.480. The zero-order valence-electron chi connectivity index (χ0n) is 11.9. The first kappa shape index (κ1) is 19.5. The topological polar surface area (TPSA) is 55.1 Å². The molecular formula is C14H21Cl3N2O. The highest BCUT2D eigenvalue weighted by atomic mass is 35.5. The molecule has 20 heavy (non-hydrogen) atoms. The fourth-order valence-corrected chi connectivity index (χ4v) is 2.00. The van der Waals surface area contributed by atoms with Crippen LogP contribution in [-0.4, -0.2) is 18.5 Å². The maximum Gasteiger partial charge on any atom is 0.221 e. The summed E-state index contributed by atoms with van der Waals surface area (Å²) in [6.45, 7) is 6.41. The van der Waals surface area contributed by atoms with Gasteiger partial charge in [-0.1, -0.05) is 43.1 Å². The van der Waals surface area contributed by atoms with Crippen molar-refractivity contribution in [2.24, 2.45) is 5.73 Å². The van der Waals surface area contributed by atoms with E-state index in [1.807, 2.05) is 32.9 Å². The third-order valence-electron chi connectivity index (χ3n) is 2.94. The van der Waals surface area contributed by atoms with E-state index in [1.165, 1.54) is 0 Å². The molecule has 0 bridgehead atoms. The summed E-state index contributed by atoms with van der Waals surface area (Å²) >= 11 is 11.9. The van der Waals surface area contributed by atoms with Gasteiger partial charge in [0.05, 0.1) is 10.0 Å². The molecule has 0 fully saturated rings. The molecule has 3 nitrogen and oxygen atoms in total. The molecule has 0 aliphatic rings. The largest absolute Gasteiger partial charge is 0.355 e. The first-order chi connectivity index (χ1) is 8.72. The van der Waals surface area contributed by atoms with E-state index in [9.17, 15) is 4.79 Å². The van der Waals surface area contributed by atoms with Crippen LogP contribution in [0.1, 0.15) is 32.8 Å². The Balaban J connectivity index is 0.00000361. The smallest absolute Gasteiger partial charge is 0.221 e. The highest BCUT2D eigenvalue weighted by Crippen LogP contribution is 2.29. The molecule has 1 aromatic rings. The number of carbonyl (C=O) groups excluding carboxylic acids is 1. The van der Waals surface area contributed by atoms with Gasteiger partial charge in [0.15, 0.2) is 0 Å². The highest BCUT2D eigenvalue weighted by Gasteiger charge is 2.22. The van der Waals surface area contributed by atoms with Crippen molar-refractivity contribution >= 4 is 41.5 Å². The van der Waals surface area contributed by atoms with E-state index in [-0.39, 0.29) is 29.8 Å². The van der Waals surface area contributed by atoms with Crippen molar-refractivity contribution in [3.05, 3.63) is 33.8 Å². The van der Waals surface area contributed by atoms with Crippen LogP contribution in [0.15, 0.2) is 18.2 Å². The molecular weight excluding hydrogens is 319 g/mol. The second-order valence-electron chi connectivity index (χ2n) is 5.47. The fraction of sp³-hybridized carbons (Fsp3) is 0.500. The summed E-state index contributed by atoms with van der Waals surface area (Å²) < 4.78 is 0. The molecule has 0 radical (unpaired) electrons. The monoisotopic (exact) mass is 338 g/mol. The lowest BCUT2D eigenvalue weighted by Gasteiger charge is -2.26. The van der Waals surface area contributed by atoms with Gasteiger partial charge in [-0.05, 0) is 24.6 Å². The number of benzene rings is 1. The molecule has 0 saturated carbocycles.